The van der Waals surface area contributed by atoms with Crippen molar-refractivity contribution in [3.05, 3.63) is 64.2 Å². The van der Waals surface area contributed by atoms with Gasteiger partial charge in [0.25, 0.3) is 5.91 Å². The first-order chi connectivity index (χ1) is 13.9. The summed E-state index contributed by atoms with van der Waals surface area (Å²) in [5.74, 6) is -0.318. The molecular weight excluding hydrogens is 391 g/mol. The molecule has 1 unspecified atom stereocenters. The molecule has 4 nitrogen and oxygen atoms in total. The fourth-order valence-corrected chi connectivity index (χ4v) is 3.94. The summed E-state index contributed by atoms with van der Waals surface area (Å²) in [6.07, 6.45) is -1.95. The standard InChI is InChI=1S/C23H26F3N3O/c1-14-9-20-19(15(2)12-22(3,4)29(20)5)11-17(14)13-27-28-21(30)16-7-6-8-18(10-16)23(24,25)26/h6-11,13,15H,12H2,1-5H3,(H,28,30)/b27-13-. The molecule has 30 heavy (non-hydrogen) atoms. The lowest BCUT2D eigenvalue weighted by Crippen LogP contribution is -2.45. The molecule has 2 aromatic carbocycles. The lowest BCUT2D eigenvalue weighted by atomic mass is 9.79. The number of anilines is 1. The van der Waals surface area contributed by atoms with Crippen molar-refractivity contribution in [2.45, 2.75) is 51.7 Å². The molecule has 0 fully saturated rings. The van der Waals surface area contributed by atoms with Crippen LogP contribution in [0.5, 0.6) is 0 Å². The molecule has 0 bridgehead atoms. The highest BCUT2D eigenvalue weighted by molar-refractivity contribution is 5.95. The van der Waals surface area contributed by atoms with Crippen molar-refractivity contribution in [3.8, 4) is 0 Å². The number of hydrogen-bond acceptors (Lipinski definition) is 3. The first kappa shape index (κ1) is 21.9. The Kier molecular flexibility index (Phi) is 5.67. The molecule has 0 spiro atoms. The van der Waals surface area contributed by atoms with E-state index in [1.807, 2.05) is 6.92 Å². The summed E-state index contributed by atoms with van der Waals surface area (Å²) < 4.78 is 38.5. The topological polar surface area (TPSA) is 44.7 Å². The van der Waals surface area contributed by atoms with Crippen LogP contribution >= 0.6 is 0 Å². The second-order valence-corrected chi connectivity index (χ2v) is 8.52. The van der Waals surface area contributed by atoms with Gasteiger partial charge in [-0.1, -0.05) is 13.0 Å². The Morgan fingerprint density at radius 1 is 1.27 bits per heavy atom. The highest BCUT2D eigenvalue weighted by Gasteiger charge is 2.34. The summed E-state index contributed by atoms with van der Waals surface area (Å²) in [5.41, 5.74) is 5.68. The van der Waals surface area contributed by atoms with Crippen molar-refractivity contribution in [1.29, 1.82) is 0 Å². The van der Waals surface area contributed by atoms with Gasteiger partial charge in [-0.05, 0) is 80.1 Å². The molecule has 1 aliphatic heterocycles. The largest absolute Gasteiger partial charge is 0.416 e. The summed E-state index contributed by atoms with van der Waals surface area (Å²) >= 11 is 0. The van der Waals surface area contributed by atoms with E-state index >= 15 is 0 Å². The number of hydrogen-bond donors (Lipinski definition) is 1. The highest BCUT2D eigenvalue weighted by Crippen LogP contribution is 2.43. The van der Waals surface area contributed by atoms with E-state index in [0.717, 1.165) is 29.7 Å². The molecule has 2 aromatic rings. The molecule has 0 aromatic heterocycles. The fraction of sp³-hybridized carbons (Fsp3) is 0.391. The van der Waals surface area contributed by atoms with Crippen molar-refractivity contribution in [2.75, 3.05) is 11.9 Å². The van der Waals surface area contributed by atoms with Crippen LogP contribution in [0.15, 0.2) is 41.5 Å². The highest BCUT2D eigenvalue weighted by atomic mass is 19.4. The zero-order chi connectivity index (χ0) is 22.3. The number of carbonyl (C=O) groups is 1. The Labute approximate surface area is 174 Å². The Morgan fingerprint density at radius 2 is 1.97 bits per heavy atom. The predicted octanol–water partition coefficient (Wildman–Crippen LogP) is 5.50. The van der Waals surface area contributed by atoms with Crippen molar-refractivity contribution in [2.24, 2.45) is 5.10 Å². The Balaban J connectivity index is 1.79. The number of rotatable bonds is 3. The smallest absolute Gasteiger partial charge is 0.369 e. The summed E-state index contributed by atoms with van der Waals surface area (Å²) in [7, 11) is 2.09. The van der Waals surface area contributed by atoms with Crippen molar-refractivity contribution in [1.82, 2.24) is 5.43 Å². The second kappa shape index (κ2) is 7.78. The van der Waals surface area contributed by atoms with Crippen molar-refractivity contribution < 1.29 is 18.0 Å². The minimum Gasteiger partial charge on any atom is -0.369 e. The Hall–Kier alpha value is -2.83. The molecule has 160 valence electrons. The molecule has 7 heteroatoms. The zero-order valence-electron chi connectivity index (χ0n) is 17.8. The predicted molar refractivity (Wildman–Crippen MR) is 113 cm³/mol. The van der Waals surface area contributed by atoms with Crippen LogP contribution in [0.25, 0.3) is 0 Å². The van der Waals surface area contributed by atoms with Gasteiger partial charge in [0.2, 0.25) is 0 Å². The molecule has 1 aliphatic rings. The number of carbonyl (C=O) groups excluding carboxylic acids is 1. The second-order valence-electron chi connectivity index (χ2n) is 8.52. The van der Waals surface area contributed by atoms with E-state index in [2.05, 4.69) is 55.4 Å². The van der Waals surface area contributed by atoms with Gasteiger partial charge in [0.15, 0.2) is 0 Å². The molecule has 0 saturated carbocycles. The van der Waals surface area contributed by atoms with Gasteiger partial charge >= 0.3 is 6.18 Å². The maximum atomic E-state index is 12.8. The first-order valence-electron chi connectivity index (χ1n) is 9.79. The third-order valence-electron chi connectivity index (χ3n) is 5.84. The van der Waals surface area contributed by atoms with E-state index in [0.29, 0.717) is 5.92 Å². The minimum atomic E-state index is -4.50. The molecular formula is C23H26F3N3O. The number of hydrazone groups is 1. The molecule has 1 amide bonds. The average molecular weight is 417 g/mol. The maximum absolute atomic E-state index is 12.8. The number of nitrogens with one attached hydrogen (secondary N) is 1. The van der Waals surface area contributed by atoms with Crippen LogP contribution < -0.4 is 10.3 Å². The van der Waals surface area contributed by atoms with Crippen LogP contribution in [0.1, 0.15) is 65.7 Å². The number of alkyl halides is 3. The van der Waals surface area contributed by atoms with E-state index < -0.39 is 17.6 Å². The lowest BCUT2D eigenvalue weighted by Gasteiger charge is -2.45. The van der Waals surface area contributed by atoms with E-state index in [4.69, 9.17) is 0 Å². The molecule has 0 saturated heterocycles. The third kappa shape index (κ3) is 4.35. The summed E-state index contributed by atoms with van der Waals surface area (Å²) in [6, 6.07) is 8.45. The van der Waals surface area contributed by atoms with Gasteiger partial charge in [0, 0.05) is 23.8 Å². The first-order valence-corrected chi connectivity index (χ1v) is 9.79. The van der Waals surface area contributed by atoms with Gasteiger partial charge in [-0.3, -0.25) is 4.79 Å². The molecule has 0 aliphatic carbocycles. The van der Waals surface area contributed by atoms with Crippen molar-refractivity contribution >= 4 is 17.8 Å². The number of amides is 1. The number of benzene rings is 2. The van der Waals surface area contributed by atoms with Crippen LogP contribution in [0.2, 0.25) is 0 Å². The van der Waals surface area contributed by atoms with E-state index in [1.54, 1.807) is 0 Å². The zero-order valence-corrected chi connectivity index (χ0v) is 17.8. The molecule has 1 heterocycles. The summed E-state index contributed by atoms with van der Waals surface area (Å²) in [6.45, 7) is 8.61. The van der Waals surface area contributed by atoms with Gasteiger partial charge in [0.05, 0.1) is 11.8 Å². The van der Waals surface area contributed by atoms with E-state index in [-0.39, 0.29) is 11.1 Å². The Morgan fingerprint density at radius 3 is 2.63 bits per heavy atom. The third-order valence-corrected chi connectivity index (χ3v) is 5.84. The normalized spacial score (nSPS) is 18.4. The average Bonchev–Trinajstić information content (AvgIpc) is 2.66. The van der Waals surface area contributed by atoms with Crippen molar-refractivity contribution in [3.63, 3.8) is 0 Å². The van der Waals surface area contributed by atoms with Gasteiger partial charge < -0.3 is 4.90 Å². The Bertz CT molecular complexity index is 996. The maximum Gasteiger partial charge on any atom is 0.416 e. The van der Waals surface area contributed by atoms with Crippen LogP contribution in [0, 0.1) is 6.92 Å². The van der Waals surface area contributed by atoms with Crippen LogP contribution in [-0.4, -0.2) is 24.7 Å². The monoisotopic (exact) mass is 417 g/mol. The van der Waals surface area contributed by atoms with Crippen LogP contribution in [0.3, 0.4) is 0 Å². The molecule has 1 N–H and O–H groups in total. The SMILES string of the molecule is Cc1cc2c(cc1/C=N\NC(=O)c1cccc(C(F)(F)F)c1)C(C)CC(C)(C)N2C. The van der Waals surface area contributed by atoms with E-state index in [1.165, 1.54) is 29.6 Å². The number of nitrogens with zero attached hydrogens (tertiary/aromatic N) is 2. The summed E-state index contributed by atoms with van der Waals surface area (Å²) in [4.78, 5) is 14.5. The lowest BCUT2D eigenvalue weighted by molar-refractivity contribution is -0.137. The van der Waals surface area contributed by atoms with Gasteiger partial charge in [-0.2, -0.15) is 18.3 Å². The molecule has 3 rings (SSSR count). The van der Waals surface area contributed by atoms with Crippen LogP contribution in [0.4, 0.5) is 18.9 Å². The van der Waals surface area contributed by atoms with Gasteiger partial charge in [-0.15, -0.1) is 0 Å². The number of fused-ring (bicyclic) bond motifs is 1. The molecule has 1 atom stereocenters. The quantitative estimate of drug-likeness (QED) is 0.529. The molecule has 0 radical (unpaired) electrons. The van der Waals surface area contributed by atoms with Gasteiger partial charge in [0.1, 0.15) is 0 Å². The van der Waals surface area contributed by atoms with E-state index in [9.17, 15) is 18.0 Å². The van der Waals surface area contributed by atoms with Gasteiger partial charge in [-0.25, -0.2) is 5.43 Å². The summed E-state index contributed by atoms with van der Waals surface area (Å²) in [5, 5.41) is 3.97. The number of halogens is 3. The number of aryl methyl sites for hydroxylation is 1. The fourth-order valence-electron chi connectivity index (χ4n) is 3.94. The minimum absolute atomic E-state index is 0.0629. The van der Waals surface area contributed by atoms with Crippen LogP contribution in [-0.2, 0) is 6.18 Å².